The minimum absolute atomic E-state index is 0.157. The Morgan fingerprint density at radius 3 is 2.12 bits per heavy atom. The maximum Gasteiger partial charge on any atom is 0.205 e. The second-order valence-electron chi connectivity index (χ2n) is 4.67. The van der Waals surface area contributed by atoms with E-state index in [4.69, 9.17) is 9.47 Å². The summed E-state index contributed by atoms with van der Waals surface area (Å²) in [5.41, 5.74) is 1.31. The molecule has 1 aromatic rings. The van der Waals surface area contributed by atoms with E-state index in [1.807, 2.05) is 39.8 Å². The highest BCUT2D eigenvalue weighted by molar-refractivity contribution is 5.27. The quantitative estimate of drug-likeness (QED) is 0.706. The predicted octanol–water partition coefficient (Wildman–Crippen LogP) is 3.79. The molecule has 2 nitrogen and oxygen atoms in total. The summed E-state index contributed by atoms with van der Waals surface area (Å²) in [6, 6.07) is 8.15. The summed E-state index contributed by atoms with van der Waals surface area (Å²) in [4.78, 5) is 0. The van der Waals surface area contributed by atoms with E-state index in [0.29, 0.717) is 0 Å². The zero-order valence-electron chi connectivity index (χ0n) is 10.9. The van der Waals surface area contributed by atoms with Crippen LogP contribution in [0.1, 0.15) is 40.2 Å². The Morgan fingerprint density at radius 1 is 1.12 bits per heavy atom. The maximum atomic E-state index is 5.79. The summed E-state index contributed by atoms with van der Waals surface area (Å²) in [7, 11) is 0. The van der Waals surface area contributed by atoms with Crippen LogP contribution in [0.2, 0.25) is 0 Å². The van der Waals surface area contributed by atoms with Crippen molar-refractivity contribution < 1.29 is 9.47 Å². The first-order chi connectivity index (χ1) is 7.43. The van der Waals surface area contributed by atoms with Gasteiger partial charge < -0.3 is 9.47 Å². The highest BCUT2D eigenvalue weighted by Gasteiger charge is 2.21. The van der Waals surface area contributed by atoms with Gasteiger partial charge in [0.05, 0.1) is 6.10 Å². The molecular formula is C14H22O2. The van der Waals surface area contributed by atoms with Crippen molar-refractivity contribution in [3.05, 3.63) is 29.8 Å². The molecule has 0 aliphatic heterocycles. The van der Waals surface area contributed by atoms with E-state index in [2.05, 4.69) is 19.1 Å². The second kappa shape index (κ2) is 5.35. The van der Waals surface area contributed by atoms with Crippen LogP contribution in [0.4, 0.5) is 0 Å². The van der Waals surface area contributed by atoms with Gasteiger partial charge in [0.15, 0.2) is 0 Å². The highest BCUT2D eigenvalue weighted by Crippen LogP contribution is 2.21. The molecule has 0 heterocycles. The van der Waals surface area contributed by atoms with Gasteiger partial charge in [-0.2, -0.15) is 0 Å². The molecule has 0 spiro atoms. The average molecular weight is 222 g/mol. The fourth-order valence-corrected chi connectivity index (χ4v) is 1.67. The minimum Gasteiger partial charge on any atom is -0.463 e. The predicted molar refractivity (Wildman–Crippen MR) is 66.7 cm³/mol. The third-order valence-corrected chi connectivity index (χ3v) is 2.21. The van der Waals surface area contributed by atoms with Gasteiger partial charge in [-0.3, -0.25) is 0 Å². The van der Waals surface area contributed by atoms with Crippen LogP contribution < -0.4 is 4.74 Å². The van der Waals surface area contributed by atoms with Crippen molar-refractivity contribution in [1.29, 1.82) is 0 Å². The molecule has 0 N–H and O–H groups in total. The molecule has 0 aliphatic carbocycles. The molecule has 1 aromatic carbocycles. The summed E-state index contributed by atoms with van der Waals surface area (Å²) in [5, 5.41) is 0. The van der Waals surface area contributed by atoms with Crippen LogP contribution >= 0.6 is 0 Å². The smallest absolute Gasteiger partial charge is 0.205 e. The summed E-state index contributed by atoms with van der Waals surface area (Å²) >= 11 is 0. The number of aryl methyl sites for hydroxylation is 1. The van der Waals surface area contributed by atoms with Gasteiger partial charge in [0.25, 0.3) is 0 Å². The molecule has 16 heavy (non-hydrogen) atoms. The second-order valence-corrected chi connectivity index (χ2v) is 4.67. The summed E-state index contributed by atoms with van der Waals surface area (Å²) in [6.07, 6.45) is 1.21. The van der Waals surface area contributed by atoms with Gasteiger partial charge in [-0.05, 0) is 38.0 Å². The van der Waals surface area contributed by atoms with Gasteiger partial charge >= 0.3 is 0 Å². The molecule has 1 rings (SSSR count). The van der Waals surface area contributed by atoms with E-state index in [-0.39, 0.29) is 6.10 Å². The van der Waals surface area contributed by atoms with E-state index >= 15 is 0 Å². The summed E-state index contributed by atoms with van der Waals surface area (Å²) in [6.45, 7) is 10.0. The first-order valence-electron chi connectivity index (χ1n) is 5.88. The molecule has 2 heteroatoms. The Balaban J connectivity index is 2.64. The average Bonchev–Trinajstić information content (AvgIpc) is 2.16. The summed E-state index contributed by atoms with van der Waals surface area (Å²) in [5.74, 6) is 0.268. The zero-order chi connectivity index (χ0) is 12.2. The van der Waals surface area contributed by atoms with Crippen LogP contribution in [0.5, 0.6) is 5.75 Å². The Bertz CT molecular complexity index is 312. The normalized spacial score (nSPS) is 11.9. The lowest BCUT2D eigenvalue weighted by molar-refractivity contribution is -0.178. The van der Waals surface area contributed by atoms with Crippen molar-refractivity contribution in [3.63, 3.8) is 0 Å². The molecular weight excluding hydrogens is 200 g/mol. The van der Waals surface area contributed by atoms with Crippen LogP contribution in [0.15, 0.2) is 24.3 Å². The van der Waals surface area contributed by atoms with Gasteiger partial charge in [0.2, 0.25) is 5.79 Å². The summed E-state index contributed by atoms with van der Waals surface area (Å²) < 4.78 is 11.5. The van der Waals surface area contributed by atoms with Crippen molar-refractivity contribution >= 4 is 0 Å². The topological polar surface area (TPSA) is 18.5 Å². The van der Waals surface area contributed by atoms with Gasteiger partial charge in [0.1, 0.15) is 5.75 Å². The maximum absolute atomic E-state index is 5.79. The number of hydrogen-bond acceptors (Lipinski definition) is 2. The largest absolute Gasteiger partial charge is 0.463 e. The molecule has 90 valence electrons. The first kappa shape index (κ1) is 13.0. The molecule has 0 aromatic heterocycles. The van der Waals surface area contributed by atoms with Gasteiger partial charge in [-0.25, -0.2) is 0 Å². The van der Waals surface area contributed by atoms with Gasteiger partial charge in [-0.1, -0.05) is 19.1 Å². The fourth-order valence-electron chi connectivity index (χ4n) is 1.67. The molecule has 0 saturated heterocycles. The van der Waals surface area contributed by atoms with Gasteiger partial charge in [0, 0.05) is 13.8 Å². The first-order valence-corrected chi connectivity index (χ1v) is 5.88. The zero-order valence-corrected chi connectivity index (χ0v) is 10.9. The molecule has 0 unspecified atom stereocenters. The SMILES string of the molecule is CCc1ccc(OC(C)(C)OC(C)C)cc1. The lowest BCUT2D eigenvalue weighted by atomic mass is 10.2. The lowest BCUT2D eigenvalue weighted by Gasteiger charge is -2.28. The minimum atomic E-state index is -0.581. The van der Waals surface area contributed by atoms with Crippen molar-refractivity contribution in [2.75, 3.05) is 0 Å². The van der Waals surface area contributed by atoms with Crippen LogP contribution in [0, 0.1) is 0 Å². The molecule has 0 aliphatic rings. The highest BCUT2D eigenvalue weighted by atomic mass is 16.7. The third-order valence-electron chi connectivity index (χ3n) is 2.21. The number of hydrogen-bond donors (Lipinski definition) is 0. The number of rotatable bonds is 5. The molecule has 0 radical (unpaired) electrons. The van der Waals surface area contributed by atoms with E-state index in [0.717, 1.165) is 12.2 Å². The van der Waals surface area contributed by atoms with E-state index < -0.39 is 5.79 Å². The Hall–Kier alpha value is -1.02. The van der Waals surface area contributed by atoms with Crippen molar-refractivity contribution in [2.45, 2.75) is 52.9 Å². The molecule has 0 bridgehead atoms. The molecule has 0 atom stereocenters. The monoisotopic (exact) mass is 222 g/mol. The Kier molecular flexibility index (Phi) is 4.36. The van der Waals surface area contributed by atoms with E-state index in [1.165, 1.54) is 5.56 Å². The molecule has 0 fully saturated rings. The van der Waals surface area contributed by atoms with Crippen LogP contribution in [-0.2, 0) is 11.2 Å². The third kappa shape index (κ3) is 4.23. The van der Waals surface area contributed by atoms with Crippen molar-refractivity contribution in [2.24, 2.45) is 0 Å². The fraction of sp³-hybridized carbons (Fsp3) is 0.571. The standard InChI is InChI=1S/C14H22O2/c1-6-12-7-9-13(10-8-12)16-14(4,5)15-11(2)3/h7-11H,6H2,1-5H3. The van der Waals surface area contributed by atoms with Gasteiger partial charge in [-0.15, -0.1) is 0 Å². The lowest BCUT2D eigenvalue weighted by Crippen LogP contribution is -2.34. The number of ether oxygens (including phenoxy) is 2. The van der Waals surface area contributed by atoms with Crippen LogP contribution in [-0.4, -0.2) is 11.9 Å². The molecule has 0 saturated carbocycles. The Labute approximate surface area is 98.6 Å². The van der Waals surface area contributed by atoms with Crippen LogP contribution in [0.3, 0.4) is 0 Å². The van der Waals surface area contributed by atoms with E-state index in [1.54, 1.807) is 0 Å². The Morgan fingerprint density at radius 2 is 1.69 bits per heavy atom. The van der Waals surface area contributed by atoms with Crippen molar-refractivity contribution in [3.8, 4) is 5.75 Å². The van der Waals surface area contributed by atoms with E-state index in [9.17, 15) is 0 Å². The number of benzene rings is 1. The molecule has 0 amide bonds. The van der Waals surface area contributed by atoms with Crippen molar-refractivity contribution in [1.82, 2.24) is 0 Å². The van der Waals surface area contributed by atoms with Crippen LogP contribution in [0.25, 0.3) is 0 Å².